The maximum atomic E-state index is 12.7. The van der Waals surface area contributed by atoms with Crippen molar-refractivity contribution in [3.63, 3.8) is 0 Å². The highest BCUT2D eigenvalue weighted by molar-refractivity contribution is 7.99. The number of nitrogens with zero attached hydrogens (tertiary/aromatic N) is 1. The Kier molecular flexibility index (Phi) is 5.70. The molecule has 154 valence electrons. The molecule has 6 nitrogen and oxygen atoms in total. The van der Waals surface area contributed by atoms with E-state index in [0.717, 1.165) is 35.7 Å². The Bertz CT molecular complexity index is 998. The van der Waals surface area contributed by atoms with Crippen molar-refractivity contribution in [3.8, 4) is 0 Å². The van der Waals surface area contributed by atoms with Crippen molar-refractivity contribution in [2.75, 3.05) is 13.1 Å². The number of primary sulfonamides is 1. The lowest BCUT2D eigenvalue weighted by atomic mass is 9.79. The molecule has 0 aliphatic carbocycles. The van der Waals surface area contributed by atoms with Crippen LogP contribution in [0.5, 0.6) is 0 Å². The summed E-state index contributed by atoms with van der Waals surface area (Å²) in [6, 6.07) is 14.5. The van der Waals surface area contributed by atoms with Gasteiger partial charge >= 0.3 is 0 Å². The van der Waals surface area contributed by atoms with Gasteiger partial charge in [-0.2, -0.15) is 0 Å². The van der Waals surface area contributed by atoms with Gasteiger partial charge in [0.1, 0.15) is 0 Å². The maximum Gasteiger partial charge on any atom is 0.251 e. The fraction of sp³-hybridized carbons (Fsp3) is 0.381. The highest BCUT2D eigenvalue weighted by Crippen LogP contribution is 2.32. The Morgan fingerprint density at radius 3 is 2.41 bits per heavy atom. The minimum Gasteiger partial charge on any atom is -0.347 e. The van der Waals surface area contributed by atoms with E-state index in [4.69, 9.17) is 5.14 Å². The second-order valence-electron chi connectivity index (χ2n) is 7.76. The first-order chi connectivity index (χ1) is 13.8. The van der Waals surface area contributed by atoms with Crippen LogP contribution < -0.4 is 10.5 Å². The molecule has 0 radical (unpaired) electrons. The van der Waals surface area contributed by atoms with Gasteiger partial charge in [-0.15, -0.1) is 0 Å². The predicted octanol–water partition coefficient (Wildman–Crippen LogP) is 2.70. The second-order valence-corrected chi connectivity index (χ2v) is 10.5. The van der Waals surface area contributed by atoms with Gasteiger partial charge in [0.05, 0.1) is 4.90 Å². The smallest absolute Gasteiger partial charge is 0.251 e. The highest BCUT2D eigenvalue weighted by atomic mass is 32.2. The number of fused-ring (bicyclic) bond motifs is 3. The minimum absolute atomic E-state index is 0.0385. The predicted molar refractivity (Wildman–Crippen MR) is 113 cm³/mol. The molecule has 0 saturated carbocycles. The van der Waals surface area contributed by atoms with Crippen molar-refractivity contribution in [2.45, 2.75) is 46.5 Å². The zero-order valence-corrected chi connectivity index (χ0v) is 17.9. The molecule has 5 rings (SSSR count). The van der Waals surface area contributed by atoms with Gasteiger partial charge in [0, 0.05) is 27.4 Å². The summed E-state index contributed by atoms with van der Waals surface area (Å²) in [4.78, 5) is 17.0. The minimum atomic E-state index is -3.73. The lowest BCUT2D eigenvalue weighted by Gasteiger charge is -2.49. The Morgan fingerprint density at radius 2 is 1.79 bits per heavy atom. The number of carbonyl (C=O) groups excluding carboxylic acids is 1. The van der Waals surface area contributed by atoms with Gasteiger partial charge in [-0.25, -0.2) is 13.6 Å². The van der Waals surface area contributed by atoms with Crippen LogP contribution in [0.2, 0.25) is 0 Å². The molecule has 8 heteroatoms. The van der Waals surface area contributed by atoms with E-state index in [0.29, 0.717) is 17.5 Å². The van der Waals surface area contributed by atoms with Gasteiger partial charge in [-0.05, 0) is 81.2 Å². The normalized spacial score (nSPS) is 26.3. The standard InChI is InChI=1S/C21H25N3O3S2/c1-14-20(15-9-11-24(14)12-10-15)23-21(25)16-5-7-17(8-6-16)28-18-3-2-4-19(13-18)29(22,26)27/h2-8,13-15,20H,9-12H2,1H3,(H,23,25)(H2,22,26,27)/t14-,20-/m0/s1. The van der Waals surface area contributed by atoms with Gasteiger partial charge in [0.2, 0.25) is 10.0 Å². The third kappa shape index (κ3) is 4.50. The van der Waals surface area contributed by atoms with Crippen molar-refractivity contribution >= 4 is 27.7 Å². The Balaban J connectivity index is 1.42. The Hall–Kier alpha value is -1.87. The second kappa shape index (κ2) is 8.10. The van der Waals surface area contributed by atoms with Crippen molar-refractivity contribution in [1.29, 1.82) is 0 Å². The third-order valence-corrected chi connectivity index (χ3v) is 7.87. The number of piperidine rings is 3. The molecule has 29 heavy (non-hydrogen) atoms. The van der Waals surface area contributed by atoms with Crippen LogP contribution >= 0.6 is 11.8 Å². The van der Waals surface area contributed by atoms with E-state index < -0.39 is 10.0 Å². The topological polar surface area (TPSA) is 92.5 Å². The van der Waals surface area contributed by atoms with Crippen LogP contribution in [0.15, 0.2) is 63.2 Å². The fourth-order valence-electron chi connectivity index (χ4n) is 4.31. The van der Waals surface area contributed by atoms with E-state index in [9.17, 15) is 13.2 Å². The summed E-state index contributed by atoms with van der Waals surface area (Å²) in [5.41, 5.74) is 0.635. The summed E-state index contributed by atoms with van der Waals surface area (Å²) in [7, 11) is -3.73. The molecule has 0 aromatic heterocycles. The largest absolute Gasteiger partial charge is 0.347 e. The number of nitrogens with two attached hydrogens (primary N) is 1. The summed E-state index contributed by atoms with van der Waals surface area (Å²) in [6.45, 7) is 4.47. The molecule has 3 aliphatic rings. The molecule has 3 heterocycles. The molecule has 2 bridgehead atoms. The molecular weight excluding hydrogens is 406 g/mol. The molecule has 3 N–H and O–H groups in total. The number of rotatable bonds is 5. The monoisotopic (exact) mass is 431 g/mol. The number of carbonyl (C=O) groups is 1. The SMILES string of the molecule is C[C@H]1[C@H](NC(=O)c2ccc(Sc3cccc(S(N)(=O)=O)c3)cc2)C2CCN1CC2. The molecule has 1 amide bonds. The number of hydrogen-bond donors (Lipinski definition) is 2. The lowest BCUT2D eigenvalue weighted by Crippen LogP contribution is -2.62. The van der Waals surface area contributed by atoms with Gasteiger partial charge in [0.25, 0.3) is 5.91 Å². The first-order valence-electron chi connectivity index (χ1n) is 9.77. The number of benzene rings is 2. The van der Waals surface area contributed by atoms with Gasteiger partial charge < -0.3 is 5.32 Å². The van der Waals surface area contributed by atoms with Crippen molar-refractivity contribution < 1.29 is 13.2 Å². The van der Waals surface area contributed by atoms with E-state index in [2.05, 4.69) is 17.1 Å². The van der Waals surface area contributed by atoms with E-state index in [1.165, 1.54) is 17.8 Å². The third-order valence-electron chi connectivity index (χ3n) is 5.96. The van der Waals surface area contributed by atoms with Crippen LogP contribution in [0.4, 0.5) is 0 Å². The van der Waals surface area contributed by atoms with Gasteiger partial charge in [-0.1, -0.05) is 17.8 Å². The molecule has 3 aliphatic heterocycles. The van der Waals surface area contributed by atoms with E-state index >= 15 is 0 Å². The molecule has 3 saturated heterocycles. The number of hydrogen-bond acceptors (Lipinski definition) is 5. The number of amides is 1. The van der Waals surface area contributed by atoms with E-state index in [1.54, 1.807) is 12.1 Å². The summed E-state index contributed by atoms with van der Waals surface area (Å²) >= 11 is 1.43. The first-order valence-corrected chi connectivity index (χ1v) is 12.1. The quantitative estimate of drug-likeness (QED) is 0.759. The zero-order valence-electron chi connectivity index (χ0n) is 16.2. The van der Waals surface area contributed by atoms with Gasteiger partial charge in [0.15, 0.2) is 0 Å². The summed E-state index contributed by atoms with van der Waals surface area (Å²) in [5.74, 6) is 0.531. The zero-order chi connectivity index (χ0) is 20.6. The van der Waals surface area contributed by atoms with Crippen LogP contribution in [-0.4, -0.2) is 44.4 Å². The van der Waals surface area contributed by atoms with E-state index in [1.807, 2.05) is 30.3 Å². The van der Waals surface area contributed by atoms with Crippen molar-refractivity contribution in [2.24, 2.45) is 11.1 Å². The highest BCUT2D eigenvalue weighted by Gasteiger charge is 2.40. The average molecular weight is 432 g/mol. The fourth-order valence-corrected chi connectivity index (χ4v) is 5.82. The van der Waals surface area contributed by atoms with E-state index in [-0.39, 0.29) is 16.8 Å². The summed E-state index contributed by atoms with van der Waals surface area (Å²) in [6.07, 6.45) is 2.31. The van der Waals surface area contributed by atoms with Crippen LogP contribution in [0.25, 0.3) is 0 Å². The summed E-state index contributed by atoms with van der Waals surface area (Å²) in [5, 5.41) is 8.44. The van der Waals surface area contributed by atoms with Crippen molar-refractivity contribution in [1.82, 2.24) is 10.2 Å². The molecule has 2 aromatic rings. The van der Waals surface area contributed by atoms with Gasteiger partial charge in [-0.3, -0.25) is 9.69 Å². The first kappa shape index (κ1) is 20.4. The van der Waals surface area contributed by atoms with Crippen molar-refractivity contribution in [3.05, 3.63) is 54.1 Å². The maximum absolute atomic E-state index is 12.7. The lowest BCUT2D eigenvalue weighted by molar-refractivity contribution is 0.0217. The van der Waals surface area contributed by atoms with Crippen LogP contribution in [0.1, 0.15) is 30.1 Å². The average Bonchev–Trinajstić information content (AvgIpc) is 2.71. The Morgan fingerprint density at radius 1 is 1.10 bits per heavy atom. The van der Waals surface area contributed by atoms with Crippen LogP contribution in [0.3, 0.4) is 0 Å². The van der Waals surface area contributed by atoms with Crippen LogP contribution in [0, 0.1) is 5.92 Å². The number of sulfonamides is 1. The summed E-state index contributed by atoms with van der Waals surface area (Å²) < 4.78 is 23.0. The number of nitrogens with one attached hydrogen (secondary N) is 1. The molecule has 2 atom stereocenters. The van der Waals surface area contributed by atoms with Crippen LogP contribution in [-0.2, 0) is 10.0 Å². The molecule has 3 fully saturated rings. The molecular formula is C21H25N3O3S2. The Labute approximate surface area is 175 Å². The molecule has 2 aromatic carbocycles. The molecule has 0 unspecified atom stereocenters. The molecule has 0 spiro atoms.